The first-order valence-electron chi connectivity index (χ1n) is 17.8. The third kappa shape index (κ3) is 12.6. The Labute approximate surface area is 317 Å². The van der Waals surface area contributed by atoms with Gasteiger partial charge in [0, 0.05) is 31.1 Å². The minimum Gasteiger partial charge on any atom is -0.391 e. The summed E-state index contributed by atoms with van der Waals surface area (Å²) in [6, 6.07) is 19.7. The number of benzene rings is 3. The maximum atomic E-state index is 14.0. The Balaban J connectivity index is 1.95. The molecule has 0 radical (unpaired) electrons. The van der Waals surface area contributed by atoms with Crippen LogP contribution in [0.4, 0.5) is 5.69 Å². The molecule has 0 fully saturated rings. The van der Waals surface area contributed by atoms with E-state index in [-0.39, 0.29) is 54.2 Å². The van der Waals surface area contributed by atoms with Gasteiger partial charge >= 0.3 is 10.3 Å². The minimum absolute atomic E-state index is 0.0688. The van der Waals surface area contributed by atoms with Gasteiger partial charge in [0.1, 0.15) is 6.04 Å². The summed E-state index contributed by atoms with van der Waals surface area (Å²) >= 11 is 0. The van der Waals surface area contributed by atoms with Crippen molar-refractivity contribution in [2.75, 3.05) is 25.0 Å². The number of ether oxygens (including phenoxy) is 1. The number of anilines is 1. The molecule has 0 aliphatic heterocycles. The molecular weight excluding hydrogens is 715 g/mol. The predicted octanol–water partition coefficient (Wildman–Crippen LogP) is 3.64. The van der Waals surface area contributed by atoms with E-state index in [2.05, 4.69) is 21.3 Å². The quantitative estimate of drug-likeness (QED) is 0.0985. The SMILES string of the molecule is CNC(=O)[C@@H](NC(=O)[C@@H](C[C@H](O)[C@H](COCc1ccccc1)NC(=O)c1cc(C(=O)N[C@H](C)c2ccccc2)cc(N(C)S(=O)(=O)O)c1)C(C)C)C(C)C. The number of hydrogen-bond donors (Lipinski definition) is 6. The first-order valence-corrected chi connectivity index (χ1v) is 19.2. The molecule has 54 heavy (non-hydrogen) atoms. The predicted molar refractivity (Wildman–Crippen MR) is 206 cm³/mol. The number of aliphatic hydroxyl groups excluding tert-OH is 1. The fourth-order valence-electron chi connectivity index (χ4n) is 5.73. The lowest BCUT2D eigenvalue weighted by molar-refractivity contribution is -0.133. The fourth-order valence-corrected chi connectivity index (χ4v) is 6.10. The van der Waals surface area contributed by atoms with Crippen molar-refractivity contribution in [1.29, 1.82) is 0 Å². The molecule has 0 aliphatic rings. The lowest BCUT2D eigenvalue weighted by atomic mass is 9.86. The second kappa shape index (κ2) is 20.0. The van der Waals surface area contributed by atoms with Gasteiger partial charge in [0.2, 0.25) is 11.8 Å². The van der Waals surface area contributed by atoms with Crippen molar-refractivity contribution in [2.24, 2.45) is 17.8 Å². The van der Waals surface area contributed by atoms with E-state index in [1.807, 2.05) is 74.5 Å². The summed E-state index contributed by atoms with van der Waals surface area (Å²) in [5, 5.41) is 22.6. The van der Waals surface area contributed by atoms with Crippen LogP contribution in [0.25, 0.3) is 0 Å². The summed E-state index contributed by atoms with van der Waals surface area (Å²) < 4.78 is 40.5. The Bertz CT molecular complexity index is 1820. The molecule has 0 bridgehead atoms. The van der Waals surface area contributed by atoms with E-state index in [0.717, 1.165) is 18.2 Å². The molecule has 0 spiro atoms. The number of nitrogens with zero attached hydrogens (tertiary/aromatic N) is 1. The standard InChI is InChI=1S/C39H53N5O9S/c1-24(2)32(38(48)43-35(25(3)4)39(49)40-6)21-34(45)33(23-53-22-27-14-10-8-11-15-27)42-37(47)30-18-29(19-31(20-30)44(7)54(50,51)52)36(46)41-26(5)28-16-12-9-13-17-28/h8-20,24-26,32-35,45H,21-23H2,1-7H3,(H,40,49)(H,41,46)(H,42,47)(H,43,48)(H,50,51,52)/t26-,32+,33+,34+,35+/m1/s1. The number of aliphatic hydroxyl groups is 1. The fraction of sp³-hybridized carbons (Fsp3) is 0.436. The first-order chi connectivity index (χ1) is 25.4. The molecule has 294 valence electrons. The maximum absolute atomic E-state index is 14.0. The van der Waals surface area contributed by atoms with Crippen LogP contribution in [0.1, 0.15) is 78.9 Å². The average Bonchev–Trinajstić information content (AvgIpc) is 3.14. The second-order valence-electron chi connectivity index (χ2n) is 13.9. The Morgan fingerprint density at radius 3 is 1.85 bits per heavy atom. The molecule has 0 aromatic heterocycles. The monoisotopic (exact) mass is 767 g/mol. The second-order valence-corrected chi connectivity index (χ2v) is 15.3. The molecule has 0 unspecified atom stereocenters. The molecule has 0 saturated heterocycles. The molecule has 14 nitrogen and oxygen atoms in total. The van der Waals surface area contributed by atoms with E-state index < -0.39 is 58.2 Å². The average molecular weight is 768 g/mol. The van der Waals surface area contributed by atoms with Crippen molar-refractivity contribution in [3.05, 3.63) is 101 Å². The molecular formula is C39H53N5O9S. The molecule has 6 N–H and O–H groups in total. The van der Waals surface area contributed by atoms with Crippen molar-refractivity contribution in [1.82, 2.24) is 21.3 Å². The van der Waals surface area contributed by atoms with Gasteiger partial charge in [-0.1, -0.05) is 88.4 Å². The van der Waals surface area contributed by atoms with E-state index in [4.69, 9.17) is 4.74 Å². The van der Waals surface area contributed by atoms with Crippen molar-refractivity contribution in [2.45, 2.75) is 71.9 Å². The van der Waals surface area contributed by atoms with E-state index in [1.165, 1.54) is 25.2 Å². The lowest BCUT2D eigenvalue weighted by Crippen LogP contribution is -2.52. The van der Waals surface area contributed by atoms with Crippen LogP contribution in [0.3, 0.4) is 0 Å². The van der Waals surface area contributed by atoms with Crippen LogP contribution in [0, 0.1) is 17.8 Å². The molecule has 4 amide bonds. The van der Waals surface area contributed by atoms with Crippen LogP contribution in [-0.2, 0) is 31.2 Å². The number of nitrogens with one attached hydrogen (secondary N) is 4. The van der Waals surface area contributed by atoms with Crippen molar-refractivity contribution >= 4 is 39.6 Å². The molecule has 0 aliphatic carbocycles. The zero-order valence-corrected chi connectivity index (χ0v) is 32.6. The Morgan fingerprint density at radius 1 is 0.778 bits per heavy atom. The van der Waals surface area contributed by atoms with Gasteiger partial charge in [-0.15, -0.1) is 0 Å². The van der Waals surface area contributed by atoms with E-state index in [9.17, 15) is 37.3 Å². The van der Waals surface area contributed by atoms with E-state index >= 15 is 0 Å². The number of amides is 4. The van der Waals surface area contributed by atoms with Crippen LogP contribution >= 0.6 is 0 Å². The highest BCUT2D eigenvalue weighted by Gasteiger charge is 2.33. The van der Waals surface area contributed by atoms with Crippen LogP contribution < -0.4 is 25.6 Å². The number of carbonyl (C=O) groups excluding carboxylic acids is 4. The topological polar surface area (TPSA) is 203 Å². The van der Waals surface area contributed by atoms with Crippen molar-refractivity contribution < 1.29 is 42.0 Å². The number of hydrogen-bond acceptors (Lipinski definition) is 8. The molecule has 0 heterocycles. The summed E-state index contributed by atoms with van der Waals surface area (Å²) in [5.74, 6) is -3.46. The zero-order chi connectivity index (χ0) is 40.2. The Hall–Kier alpha value is -4.83. The van der Waals surface area contributed by atoms with Gasteiger partial charge in [0.15, 0.2) is 0 Å². The molecule has 3 aromatic carbocycles. The molecule has 3 aromatic rings. The van der Waals surface area contributed by atoms with Gasteiger partial charge in [0.25, 0.3) is 11.8 Å². The van der Waals surface area contributed by atoms with Crippen LogP contribution in [-0.4, -0.2) is 80.6 Å². The molecule has 5 atom stereocenters. The van der Waals surface area contributed by atoms with Crippen molar-refractivity contribution in [3.8, 4) is 0 Å². The van der Waals surface area contributed by atoms with Gasteiger partial charge in [0.05, 0.1) is 37.1 Å². The lowest BCUT2D eigenvalue weighted by Gasteiger charge is -2.30. The van der Waals surface area contributed by atoms with Crippen LogP contribution in [0.15, 0.2) is 78.9 Å². The highest BCUT2D eigenvalue weighted by Crippen LogP contribution is 2.24. The van der Waals surface area contributed by atoms with Crippen molar-refractivity contribution in [3.63, 3.8) is 0 Å². The van der Waals surface area contributed by atoms with Crippen LogP contribution in [0.5, 0.6) is 0 Å². The number of carbonyl (C=O) groups is 4. The third-order valence-corrected chi connectivity index (χ3v) is 10.0. The largest absolute Gasteiger partial charge is 0.391 e. The number of rotatable bonds is 19. The minimum atomic E-state index is -4.79. The van der Waals surface area contributed by atoms with Gasteiger partial charge in [-0.05, 0) is 54.5 Å². The first kappa shape index (κ1) is 43.6. The summed E-state index contributed by atoms with van der Waals surface area (Å²) in [6.45, 7) is 8.95. The Morgan fingerprint density at radius 2 is 1.33 bits per heavy atom. The van der Waals surface area contributed by atoms with Gasteiger partial charge < -0.3 is 31.1 Å². The molecule has 3 rings (SSSR count). The number of likely N-dealkylation sites (N-methyl/N-ethyl adjacent to an activating group) is 1. The summed E-state index contributed by atoms with van der Waals surface area (Å²) in [7, 11) is -2.24. The summed E-state index contributed by atoms with van der Waals surface area (Å²) in [6.07, 6.45) is -1.45. The van der Waals surface area contributed by atoms with E-state index in [0.29, 0.717) is 4.31 Å². The van der Waals surface area contributed by atoms with Gasteiger partial charge in [-0.25, -0.2) is 0 Å². The third-order valence-electron chi connectivity index (χ3n) is 9.12. The smallest absolute Gasteiger partial charge is 0.359 e. The molecule has 15 heteroatoms. The summed E-state index contributed by atoms with van der Waals surface area (Å²) in [5.41, 5.74) is 1.26. The highest BCUT2D eigenvalue weighted by atomic mass is 32.2. The zero-order valence-electron chi connectivity index (χ0n) is 31.8. The Kier molecular flexibility index (Phi) is 16.2. The van der Waals surface area contributed by atoms with Crippen LogP contribution in [0.2, 0.25) is 0 Å². The maximum Gasteiger partial charge on any atom is 0.359 e. The van der Waals surface area contributed by atoms with Gasteiger partial charge in [-0.2, -0.15) is 8.42 Å². The highest BCUT2D eigenvalue weighted by molar-refractivity contribution is 7.87. The van der Waals surface area contributed by atoms with E-state index in [1.54, 1.807) is 20.8 Å². The normalized spacial score (nSPS) is 14.4. The van der Waals surface area contributed by atoms with Gasteiger partial charge in [-0.3, -0.25) is 28.0 Å². The molecule has 0 saturated carbocycles. The summed E-state index contributed by atoms with van der Waals surface area (Å²) in [4.78, 5) is 53.5.